The summed E-state index contributed by atoms with van der Waals surface area (Å²) in [7, 11) is 1.68. The number of nitrogens with zero attached hydrogens (tertiary/aromatic N) is 5. The Kier molecular flexibility index (Phi) is 1.65. The first-order valence-corrected chi connectivity index (χ1v) is 4.75. The molecular weight excluding hydrogens is 224 g/mol. The van der Waals surface area contributed by atoms with Gasteiger partial charge in [-0.2, -0.15) is 0 Å². The summed E-state index contributed by atoms with van der Waals surface area (Å²) in [5, 5.41) is 26.4. The third kappa shape index (κ3) is 1.17. The second kappa shape index (κ2) is 2.94. The van der Waals surface area contributed by atoms with Gasteiger partial charge in [-0.05, 0) is 6.07 Å². The van der Waals surface area contributed by atoms with E-state index in [1.54, 1.807) is 7.05 Å². The number of rotatable bonds is 0. The summed E-state index contributed by atoms with van der Waals surface area (Å²) in [5.74, 6) is -1.07. The van der Waals surface area contributed by atoms with Crippen LogP contribution in [0.3, 0.4) is 0 Å². The molecule has 17 heavy (non-hydrogen) atoms. The van der Waals surface area contributed by atoms with E-state index in [0.29, 0.717) is 27.8 Å². The molecule has 1 aromatic carbocycles. The molecule has 0 saturated heterocycles. The van der Waals surface area contributed by atoms with Crippen molar-refractivity contribution in [3.05, 3.63) is 6.07 Å². The van der Waals surface area contributed by atoms with Gasteiger partial charge in [-0.25, -0.2) is 14.6 Å². The Labute approximate surface area is 94.3 Å². The highest BCUT2D eigenvalue weighted by Gasteiger charge is 2.15. The van der Waals surface area contributed by atoms with E-state index in [2.05, 4.69) is 20.3 Å². The topological polar surface area (TPSA) is 123 Å². The zero-order valence-electron chi connectivity index (χ0n) is 8.79. The molecule has 0 aliphatic carbocycles. The molecule has 0 spiro atoms. The van der Waals surface area contributed by atoms with Crippen molar-refractivity contribution in [3.63, 3.8) is 0 Å². The fourth-order valence-corrected chi connectivity index (χ4v) is 1.74. The first-order valence-electron chi connectivity index (χ1n) is 4.75. The van der Waals surface area contributed by atoms with E-state index in [9.17, 15) is 10.2 Å². The molecule has 0 aliphatic rings. The molecule has 0 fully saturated rings. The molecule has 0 unspecified atom stereocenters. The second-order valence-corrected chi connectivity index (χ2v) is 3.61. The third-order valence-corrected chi connectivity index (χ3v) is 2.50. The number of fused-ring (bicyclic) bond motifs is 3. The number of nitrogen functional groups attached to an aromatic ring is 1. The Bertz CT molecular complexity index is 750. The molecule has 3 aromatic rings. The number of anilines is 1. The van der Waals surface area contributed by atoms with E-state index in [0.717, 1.165) is 0 Å². The average Bonchev–Trinajstić information content (AvgIpc) is 2.65. The minimum atomic E-state index is -0.537. The van der Waals surface area contributed by atoms with Gasteiger partial charge in [0.15, 0.2) is 0 Å². The number of aromatic hydroxyl groups is 2. The van der Waals surface area contributed by atoms with Crippen LogP contribution in [0.25, 0.3) is 22.1 Å². The fraction of sp³-hybridized carbons (Fsp3) is 0.111. The van der Waals surface area contributed by atoms with Crippen LogP contribution in [0, 0.1) is 0 Å². The molecule has 8 heteroatoms. The lowest BCUT2D eigenvalue weighted by atomic mass is 10.2. The summed E-state index contributed by atoms with van der Waals surface area (Å²) >= 11 is 0. The van der Waals surface area contributed by atoms with Crippen LogP contribution in [-0.4, -0.2) is 35.2 Å². The van der Waals surface area contributed by atoms with Gasteiger partial charge in [0.2, 0.25) is 0 Å². The van der Waals surface area contributed by atoms with Gasteiger partial charge in [-0.1, -0.05) is 5.21 Å². The molecule has 0 aliphatic heterocycles. The van der Waals surface area contributed by atoms with E-state index in [1.165, 1.54) is 10.7 Å². The Hall–Kier alpha value is -2.64. The quantitative estimate of drug-likeness (QED) is 0.462. The van der Waals surface area contributed by atoms with Crippen LogP contribution in [0.15, 0.2) is 6.07 Å². The Balaban J connectivity index is 2.62. The van der Waals surface area contributed by atoms with Crippen molar-refractivity contribution in [2.24, 2.45) is 7.05 Å². The third-order valence-electron chi connectivity index (χ3n) is 2.50. The summed E-state index contributed by atoms with van der Waals surface area (Å²) in [4.78, 5) is 7.67. The van der Waals surface area contributed by atoms with Crippen molar-refractivity contribution in [1.82, 2.24) is 25.0 Å². The average molecular weight is 232 g/mol. The predicted octanol–water partition coefficient (Wildman–Crippen LogP) is -0.0951. The van der Waals surface area contributed by atoms with E-state index in [4.69, 9.17) is 5.73 Å². The van der Waals surface area contributed by atoms with Crippen LogP contribution in [0.2, 0.25) is 0 Å². The lowest BCUT2D eigenvalue weighted by Gasteiger charge is -2.03. The SMILES string of the molecule is Cn1nnc2c(N)cc3nc(O)c(O)nc3c21. The molecule has 0 atom stereocenters. The molecule has 0 amide bonds. The standard InChI is InChI=1S/C9H8N6O2/c1-15-7-5(13-14-15)3(10)2-4-6(7)12-9(17)8(16)11-4/h2H,10H2,1H3,(H,11,16)(H,12,17). The number of nitrogens with two attached hydrogens (primary N) is 1. The summed E-state index contributed by atoms with van der Waals surface area (Å²) in [6, 6.07) is 1.53. The van der Waals surface area contributed by atoms with Crippen molar-refractivity contribution >= 4 is 27.8 Å². The highest BCUT2D eigenvalue weighted by atomic mass is 16.3. The minimum Gasteiger partial charge on any atom is -0.489 e. The van der Waals surface area contributed by atoms with Crippen LogP contribution in [0.4, 0.5) is 5.69 Å². The number of aromatic nitrogens is 5. The maximum atomic E-state index is 9.37. The maximum absolute atomic E-state index is 9.37. The van der Waals surface area contributed by atoms with Crippen LogP contribution in [-0.2, 0) is 7.05 Å². The highest BCUT2D eigenvalue weighted by molar-refractivity contribution is 6.05. The van der Waals surface area contributed by atoms with Crippen molar-refractivity contribution in [1.29, 1.82) is 0 Å². The number of hydrogen-bond acceptors (Lipinski definition) is 7. The van der Waals surface area contributed by atoms with Gasteiger partial charge in [0.25, 0.3) is 11.8 Å². The number of benzene rings is 1. The smallest absolute Gasteiger partial charge is 0.276 e. The molecule has 3 rings (SSSR count). The lowest BCUT2D eigenvalue weighted by Crippen LogP contribution is -1.95. The molecule has 2 heterocycles. The fourth-order valence-electron chi connectivity index (χ4n) is 1.74. The van der Waals surface area contributed by atoms with E-state index < -0.39 is 11.8 Å². The van der Waals surface area contributed by atoms with E-state index in [-0.39, 0.29) is 0 Å². The summed E-state index contributed by atoms with van der Waals surface area (Å²) in [6.45, 7) is 0. The largest absolute Gasteiger partial charge is 0.489 e. The first-order chi connectivity index (χ1) is 8.08. The van der Waals surface area contributed by atoms with E-state index >= 15 is 0 Å². The van der Waals surface area contributed by atoms with Crippen LogP contribution >= 0.6 is 0 Å². The van der Waals surface area contributed by atoms with Crippen LogP contribution in [0.5, 0.6) is 11.8 Å². The zero-order valence-corrected chi connectivity index (χ0v) is 8.79. The van der Waals surface area contributed by atoms with Gasteiger partial charge >= 0.3 is 0 Å². The number of aryl methyl sites for hydroxylation is 1. The maximum Gasteiger partial charge on any atom is 0.276 e. The molecule has 4 N–H and O–H groups in total. The van der Waals surface area contributed by atoms with Crippen molar-refractivity contribution < 1.29 is 10.2 Å². The molecular formula is C9H8N6O2. The van der Waals surface area contributed by atoms with Crippen molar-refractivity contribution in [2.45, 2.75) is 0 Å². The van der Waals surface area contributed by atoms with Crippen LogP contribution < -0.4 is 5.73 Å². The van der Waals surface area contributed by atoms with Gasteiger partial charge < -0.3 is 15.9 Å². The number of hydrogen-bond donors (Lipinski definition) is 3. The molecule has 8 nitrogen and oxygen atoms in total. The normalized spacial score (nSPS) is 11.4. The van der Waals surface area contributed by atoms with E-state index in [1.807, 2.05) is 0 Å². The Morgan fingerprint density at radius 3 is 2.65 bits per heavy atom. The highest BCUT2D eigenvalue weighted by Crippen LogP contribution is 2.30. The molecule has 0 saturated carbocycles. The molecule has 86 valence electrons. The first kappa shape index (κ1) is 9.58. The zero-order chi connectivity index (χ0) is 12.2. The Morgan fingerprint density at radius 2 is 1.88 bits per heavy atom. The lowest BCUT2D eigenvalue weighted by molar-refractivity contribution is 0.378. The monoisotopic (exact) mass is 232 g/mol. The van der Waals surface area contributed by atoms with Crippen LogP contribution in [0.1, 0.15) is 0 Å². The van der Waals surface area contributed by atoms with Gasteiger partial charge in [0.1, 0.15) is 16.6 Å². The van der Waals surface area contributed by atoms with Gasteiger partial charge in [0, 0.05) is 7.05 Å². The molecule has 0 radical (unpaired) electrons. The predicted molar refractivity (Wildman–Crippen MR) is 59.3 cm³/mol. The van der Waals surface area contributed by atoms with Gasteiger partial charge in [-0.3, -0.25) is 0 Å². The molecule has 0 bridgehead atoms. The van der Waals surface area contributed by atoms with Gasteiger partial charge in [-0.15, -0.1) is 5.10 Å². The van der Waals surface area contributed by atoms with Crippen molar-refractivity contribution in [2.75, 3.05) is 5.73 Å². The van der Waals surface area contributed by atoms with Gasteiger partial charge in [0.05, 0.1) is 11.2 Å². The Morgan fingerprint density at radius 1 is 1.18 bits per heavy atom. The summed E-state index contributed by atoms with van der Waals surface area (Å²) in [6.07, 6.45) is 0. The minimum absolute atomic E-state index is 0.371. The van der Waals surface area contributed by atoms with Crippen molar-refractivity contribution in [3.8, 4) is 11.8 Å². The molecule has 2 aromatic heterocycles. The second-order valence-electron chi connectivity index (χ2n) is 3.61. The summed E-state index contributed by atoms with van der Waals surface area (Å²) in [5.41, 5.74) is 7.99. The summed E-state index contributed by atoms with van der Waals surface area (Å²) < 4.78 is 1.49.